The van der Waals surface area contributed by atoms with Crippen molar-refractivity contribution >= 4 is 17.3 Å². The third-order valence-electron chi connectivity index (χ3n) is 2.78. The van der Waals surface area contributed by atoms with Gasteiger partial charge in [-0.3, -0.25) is 0 Å². The van der Waals surface area contributed by atoms with Crippen molar-refractivity contribution in [1.82, 2.24) is 4.90 Å². The van der Waals surface area contributed by atoms with E-state index in [4.69, 9.17) is 11.6 Å². The smallest absolute Gasteiger partial charge is 0.0637 e. The Morgan fingerprint density at radius 2 is 1.75 bits per heavy atom. The van der Waals surface area contributed by atoms with Gasteiger partial charge < -0.3 is 4.90 Å². The summed E-state index contributed by atoms with van der Waals surface area (Å²) in [6.45, 7) is 6.04. The average molecular weight is 232 g/mol. The van der Waals surface area contributed by atoms with Gasteiger partial charge in [0.1, 0.15) is 0 Å². The molecule has 1 aliphatic heterocycles. The van der Waals surface area contributed by atoms with E-state index in [9.17, 15) is 0 Å². The van der Waals surface area contributed by atoms with Gasteiger partial charge in [-0.15, -0.1) is 0 Å². The Bertz CT molecular complexity index is 480. The van der Waals surface area contributed by atoms with Crippen LogP contribution in [0.25, 0.3) is 5.70 Å². The Balaban J connectivity index is 2.42. The van der Waals surface area contributed by atoms with E-state index in [1.807, 2.05) is 24.1 Å². The van der Waals surface area contributed by atoms with Crippen LogP contribution in [0.2, 0.25) is 0 Å². The Morgan fingerprint density at radius 1 is 1.12 bits per heavy atom. The van der Waals surface area contributed by atoms with E-state index in [1.165, 1.54) is 11.1 Å². The Kier molecular flexibility index (Phi) is 2.88. The molecule has 2 heteroatoms. The first-order chi connectivity index (χ1) is 7.59. The topological polar surface area (TPSA) is 3.24 Å². The molecular weight excluding hydrogens is 218 g/mol. The van der Waals surface area contributed by atoms with Crippen molar-refractivity contribution in [3.63, 3.8) is 0 Å². The van der Waals surface area contributed by atoms with Crippen LogP contribution in [0.3, 0.4) is 0 Å². The van der Waals surface area contributed by atoms with Crippen molar-refractivity contribution in [2.45, 2.75) is 6.92 Å². The predicted molar refractivity (Wildman–Crippen MR) is 70.0 cm³/mol. The van der Waals surface area contributed by atoms with Crippen LogP contribution < -0.4 is 0 Å². The Labute approximate surface area is 101 Å². The van der Waals surface area contributed by atoms with Gasteiger partial charge in [-0.25, -0.2) is 0 Å². The molecule has 16 heavy (non-hydrogen) atoms. The molecule has 1 aromatic rings. The normalized spacial score (nSPS) is 15.9. The molecule has 0 saturated carbocycles. The maximum Gasteiger partial charge on any atom is 0.0637 e. The van der Waals surface area contributed by atoms with Crippen LogP contribution in [0.5, 0.6) is 0 Å². The first kappa shape index (κ1) is 11.0. The number of rotatable bonds is 1. The summed E-state index contributed by atoms with van der Waals surface area (Å²) in [6, 6.07) is 8.43. The van der Waals surface area contributed by atoms with Gasteiger partial charge in [-0.2, -0.15) is 0 Å². The Hall–Kier alpha value is -1.47. The van der Waals surface area contributed by atoms with Crippen molar-refractivity contribution in [2.24, 2.45) is 0 Å². The molecule has 0 saturated heterocycles. The summed E-state index contributed by atoms with van der Waals surface area (Å²) >= 11 is 6.02. The van der Waals surface area contributed by atoms with Gasteiger partial charge >= 0.3 is 0 Å². The van der Waals surface area contributed by atoms with Gasteiger partial charge in [-0.05, 0) is 24.6 Å². The van der Waals surface area contributed by atoms with Gasteiger partial charge in [0, 0.05) is 12.7 Å². The summed E-state index contributed by atoms with van der Waals surface area (Å²) in [7, 11) is 1.98. The first-order valence-corrected chi connectivity index (χ1v) is 5.55. The molecule has 0 radical (unpaired) electrons. The number of likely N-dealkylation sites (N-methyl/N-ethyl adjacent to an activating group) is 1. The number of hydrogen-bond acceptors (Lipinski definition) is 1. The highest BCUT2D eigenvalue weighted by Crippen LogP contribution is 2.30. The minimum absolute atomic E-state index is 0.693. The van der Waals surface area contributed by atoms with Crippen LogP contribution in [0.4, 0.5) is 0 Å². The quantitative estimate of drug-likeness (QED) is 0.708. The van der Waals surface area contributed by atoms with Crippen molar-refractivity contribution in [3.8, 4) is 0 Å². The Morgan fingerprint density at radius 3 is 2.38 bits per heavy atom. The summed E-state index contributed by atoms with van der Waals surface area (Å²) < 4.78 is 0. The molecule has 0 spiro atoms. The average Bonchev–Trinajstić information content (AvgIpc) is 2.28. The second-order valence-electron chi connectivity index (χ2n) is 3.94. The van der Waals surface area contributed by atoms with Crippen molar-refractivity contribution < 1.29 is 0 Å². The summed E-state index contributed by atoms with van der Waals surface area (Å²) in [4.78, 5) is 2.01. The molecule has 0 aliphatic carbocycles. The molecular formula is C14H14ClN. The fourth-order valence-electron chi connectivity index (χ4n) is 1.68. The molecule has 82 valence electrons. The van der Waals surface area contributed by atoms with E-state index in [2.05, 4.69) is 37.8 Å². The van der Waals surface area contributed by atoms with Crippen molar-refractivity contribution in [2.75, 3.05) is 7.05 Å². The zero-order valence-corrected chi connectivity index (χ0v) is 10.3. The lowest BCUT2D eigenvalue weighted by Crippen LogP contribution is -2.18. The standard InChI is InChI=1S/C14H14ClN/c1-10-4-6-12(7-5-10)14-9-8-13(15)11(2)16(14)3/h4-9H,2H2,1,3H3. The van der Waals surface area contributed by atoms with Crippen LogP contribution in [-0.2, 0) is 0 Å². The SMILES string of the molecule is C=C1C(Cl)=CC=C(c2ccc(C)cc2)N1C. The molecule has 1 heterocycles. The molecule has 0 unspecified atom stereocenters. The summed E-state index contributed by atoms with van der Waals surface area (Å²) in [5.41, 5.74) is 4.39. The fourth-order valence-corrected chi connectivity index (χ4v) is 1.87. The van der Waals surface area contributed by atoms with Crippen LogP contribution >= 0.6 is 11.6 Å². The van der Waals surface area contributed by atoms with E-state index in [0.717, 1.165) is 11.4 Å². The lowest BCUT2D eigenvalue weighted by atomic mass is 10.1. The van der Waals surface area contributed by atoms with Gasteiger partial charge in [0.2, 0.25) is 0 Å². The summed E-state index contributed by atoms with van der Waals surface area (Å²) in [6.07, 6.45) is 3.90. The van der Waals surface area contributed by atoms with E-state index in [-0.39, 0.29) is 0 Å². The highest BCUT2D eigenvalue weighted by Gasteiger charge is 2.15. The predicted octanol–water partition coefficient (Wildman–Crippen LogP) is 3.92. The highest BCUT2D eigenvalue weighted by molar-refractivity contribution is 6.32. The third kappa shape index (κ3) is 1.91. The molecule has 1 nitrogen and oxygen atoms in total. The summed E-state index contributed by atoms with van der Waals surface area (Å²) in [5, 5.41) is 0.693. The molecule has 1 aliphatic rings. The first-order valence-electron chi connectivity index (χ1n) is 5.17. The minimum Gasteiger partial charge on any atom is -0.343 e. The molecule has 0 N–H and O–H groups in total. The second kappa shape index (κ2) is 4.18. The van der Waals surface area contributed by atoms with Gasteiger partial charge in [0.05, 0.1) is 10.7 Å². The maximum atomic E-state index is 6.02. The molecule has 0 fully saturated rings. The summed E-state index contributed by atoms with van der Waals surface area (Å²) in [5.74, 6) is 0. The molecule has 0 bridgehead atoms. The van der Waals surface area contributed by atoms with E-state index < -0.39 is 0 Å². The van der Waals surface area contributed by atoms with Gasteiger partial charge in [0.15, 0.2) is 0 Å². The minimum atomic E-state index is 0.693. The number of nitrogens with zero attached hydrogens (tertiary/aromatic N) is 1. The van der Waals surface area contributed by atoms with E-state index in [1.54, 1.807) is 0 Å². The monoisotopic (exact) mass is 231 g/mol. The van der Waals surface area contributed by atoms with Crippen LogP contribution in [0, 0.1) is 6.92 Å². The van der Waals surface area contributed by atoms with Gasteiger partial charge in [-0.1, -0.05) is 48.0 Å². The number of allylic oxidation sites excluding steroid dienone is 3. The third-order valence-corrected chi connectivity index (χ3v) is 3.12. The zero-order valence-electron chi connectivity index (χ0n) is 9.50. The fraction of sp³-hybridized carbons (Fsp3) is 0.143. The van der Waals surface area contributed by atoms with Crippen molar-refractivity contribution in [1.29, 1.82) is 0 Å². The zero-order chi connectivity index (χ0) is 11.7. The second-order valence-corrected chi connectivity index (χ2v) is 4.35. The molecule has 2 rings (SSSR count). The number of benzene rings is 1. The van der Waals surface area contributed by atoms with Gasteiger partial charge in [0.25, 0.3) is 0 Å². The number of aryl methyl sites for hydroxylation is 1. The van der Waals surface area contributed by atoms with E-state index >= 15 is 0 Å². The number of halogens is 1. The van der Waals surface area contributed by atoms with E-state index in [0.29, 0.717) is 5.03 Å². The maximum absolute atomic E-state index is 6.02. The van der Waals surface area contributed by atoms with Crippen LogP contribution in [0.15, 0.2) is 53.7 Å². The molecule has 0 amide bonds. The lowest BCUT2D eigenvalue weighted by Gasteiger charge is -2.27. The number of hydrogen-bond donors (Lipinski definition) is 0. The molecule has 0 aromatic heterocycles. The van der Waals surface area contributed by atoms with Crippen LogP contribution in [-0.4, -0.2) is 11.9 Å². The van der Waals surface area contributed by atoms with Crippen LogP contribution in [0.1, 0.15) is 11.1 Å². The molecule has 1 aromatic carbocycles. The largest absolute Gasteiger partial charge is 0.343 e. The lowest BCUT2D eigenvalue weighted by molar-refractivity contribution is 0.611. The van der Waals surface area contributed by atoms with Crippen molar-refractivity contribution in [3.05, 3.63) is 64.9 Å². The molecule has 0 atom stereocenters. The highest BCUT2D eigenvalue weighted by atomic mass is 35.5.